The number of aliphatic imine (C=N–C) groups is 2. The fourth-order valence-electron chi connectivity index (χ4n) is 3.75. The highest BCUT2D eigenvalue weighted by molar-refractivity contribution is 6.15. The van der Waals surface area contributed by atoms with E-state index in [0.717, 1.165) is 31.4 Å². The SMILES string of the molecule is CCC1C(=O)N=C(n2nc(C(C)(C)C)cc2NC(=O)NC2CCCCC2)N=C1C. The molecule has 2 heterocycles. The highest BCUT2D eigenvalue weighted by atomic mass is 16.2. The monoisotopic (exact) mass is 400 g/mol. The van der Waals surface area contributed by atoms with Crippen LogP contribution in [0, 0.1) is 5.92 Å². The second kappa shape index (κ2) is 8.47. The van der Waals surface area contributed by atoms with Crippen LogP contribution in [0.1, 0.15) is 78.8 Å². The van der Waals surface area contributed by atoms with Crippen LogP contribution >= 0.6 is 0 Å². The lowest BCUT2D eigenvalue weighted by Crippen LogP contribution is -2.39. The molecule has 3 amide bonds. The summed E-state index contributed by atoms with van der Waals surface area (Å²) < 4.78 is 1.47. The third-order valence-corrected chi connectivity index (χ3v) is 5.55. The first-order chi connectivity index (χ1) is 13.7. The quantitative estimate of drug-likeness (QED) is 0.805. The van der Waals surface area contributed by atoms with Crippen molar-refractivity contribution in [1.29, 1.82) is 0 Å². The Morgan fingerprint density at radius 3 is 2.48 bits per heavy atom. The summed E-state index contributed by atoms with van der Waals surface area (Å²) in [7, 11) is 0. The Hall–Kier alpha value is -2.51. The third-order valence-electron chi connectivity index (χ3n) is 5.55. The van der Waals surface area contributed by atoms with Crippen LogP contribution in [-0.2, 0) is 10.2 Å². The molecule has 8 nitrogen and oxygen atoms in total. The zero-order valence-corrected chi connectivity index (χ0v) is 18.1. The Bertz CT molecular complexity index is 840. The predicted molar refractivity (Wildman–Crippen MR) is 115 cm³/mol. The van der Waals surface area contributed by atoms with Gasteiger partial charge in [0, 0.05) is 23.2 Å². The van der Waals surface area contributed by atoms with Crippen molar-refractivity contribution >= 4 is 29.4 Å². The first-order valence-electron chi connectivity index (χ1n) is 10.5. The molecule has 1 aliphatic heterocycles. The van der Waals surface area contributed by atoms with Crippen LogP contribution in [0.15, 0.2) is 16.1 Å². The fourth-order valence-corrected chi connectivity index (χ4v) is 3.75. The average Bonchev–Trinajstić information content (AvgIpc) is 3.06. The van der Waals surface area contributed by atoms with E-state index in [1.165, 1.54) is 11.1 Å². The molecule has 1 aliphatic carbocycles. The van der Waals surface area contributed by atoms with Gasteiger partial charge in [-0.15, -0.1) is 0 Å². The summed E-state index contributed by atoms with van der Waals surface area (Å²) in [6.07, 6.45) is 6.18. The van der Waals surface area contributed by atoms with Crippen molar-refractivity contribution in [2.24, 2.45) is 15.9 Å². The molecule has 2 N–H and O–H groups in total. The maximum atomic E-state index is 12.6. The fraction of sp³-hybridized carbons (Fsp3) is 0.667. The van der Waals surface area contributed by atoms with Crippen molar-refractivity contribution in [3.8, 4) is 0 Å². The van der Waals surface area contributed by atoms with E-state index in [1.807, 2.05) is 40.7 Å². The number of nitrogens with zero attached hydrogens (tertiary/aromatic N) is 4. The molecule has 3 rings (SSSR count). The Balaban J connectivity index is 1.87. The number of amides is 3. The van der Waals surface area contributed by atoms with Crippen molar-refractivity contribution < 1.29 is 9.59 Å². The number of nitrogens with one attached hydrogen (secondary N) is 2. The zero-order chi connectivity index (χ0) is 21.2. The van der Waals surface area contributed by atoms with E-state index < -0.39 is 0 Å². The third kappa shape index (κ3) is 4.92. The minimum Gasteiger partial charge on any atom is -0.335 e. The molecule has 0 bridgehead atoms. The van der Waals surface area contributed by atoms with Crippen LogP contribution in [0.3, 0.4) is 0 Å². The summed E-state index contributed by atoms with van der Waals surface area (Å²) in [4.78, 5) is 33.7. The second-order valence-electron chi connectivity index (χ2n) is 8.97. The number of hydrogen-bond donors (Lipinski definition) is 2. The van der Waals surface area contributed by atoms with E-state index in [9.17, 15) is 9.59 Å². The molecule has 0 radical (unpaired) electrons. The lowest BCUT2D eigenvalue weighted by molar-refractivity contribution is -0.119. The highest BCUT2D eigenvalue weighted by Gasteiger charge is 2.28. The normalized spacial score (nSPS) is 20.9. The smallest absolute Gasteiger partial charge is 0.320 e. The minimum absolute atomic E-state index is 0.195. The van der Waals surface area contributed by atoms with E-state index in [-0.39, 0.29) is 35.3 Å². The van der Waals surface area contributed by atoms with E-state index in [0.29, 0.717) is 18.0 Å². The Kier molecular flexibility index (Phi) is 6.19. The van der Waals surface area contributed by atoms with Gasteiger partial charge in [0.15, 0.2) is 0 Å². The van der Waals surface area contributed by atoms with Crippen LogP contribution in [0.4, 0.5) is 10.6 Å². The molecular formula is C21H32N6O2. The summed E-state index contributed by atoms with van der Waals surface area (Å²) >= 11 is 0. The maximum absolute atomic E-state index is 12.6. The molecule has 0 saturated heterocycles. The van der Waals surface area contributed by atoms with E-state index in [2.05, 4.69) is 25.7 Å². The summed E-state index contributed by atoms with van der Waals surface area (Å²) in [6, 6.07) is 1.75. The van der Waals surface area contributed by atoms with Gasteiger partial charge in [0.1, 0.15) is 5.82 Å². The van der Waals surface area contributed by atoms with Gasteiger partial charge in [-0.1, -0.05) is 47.0 Å². The number of rotatable bonds is 3. The standard InChI is InChI=1S/C21H32N6O2/c1-6-15-13(2)22-19(25-18(15)28)27-17(12-16(26-27)21(3,4)5)24-20(29)23-14-10-8-7-9-11-14/h12,14-15H,6-11H2,1-5H3,(H2,23,24,29). The van der Waals surface area contributed by atoms with E-state index in [4.69, 9.17) is 0 Å². The van der Waals surface area contributed by atoms with E-state index >= 15 is 0 Å². The van der Waals surface area contributed by atoms with Gasteiger partial charge in [0.2, 0.25) is 0 Å². The number of anilines is 1. The Morgan fingerprint density at radius 1 is 1.21 bits per heavy atom. The van der Waals surface area contributed by atoms with Crippen molar-refractivity contribution in [3.05, 3.63) is 11.8 Å². The van der Waals surface area contributed by atoms with Crippen molar-refractivity contribution in [2.75, 3.05) is 5.32 Å². The second-order valence-corrected chi connectivity index (χ2v) is 8.97. The van der Waals surface area contributed by atoms with Gasteiger partial charge in [-0.25, -0.2) is 9.79 Å². The molecule has 29 heavy (non-hydrogen) atoms. The molecule has 1 fully saturated rings. The topological polar surface area (TPSA) is 101 Å². The summed E-state index contributed by atoms with van der Waals surface area (Å²) in [6.45, 7) is 9.90. The zero-order valence-electron chi connectivity index (χ0n) is 18.1. The molecule has 1 aromatic heterocycles. The molecule has 1 aromatic rings. The first-order valence-corrected chi connectivity index (χ1v) is 10.5. The Morgan fingerprint density at radius 2 is 1.90 bits per heavy atom. The molecular weight excluding hydrogens is 368 g/mol. The maximum Gasteiger partial charge on any atom is 0.320 e. The molecule has 158 valence electrons. The summed E-state index contributed by atoms with van der Waals surface area (Å²) in [5, 5.41) is 10.5. The molecule has 2 aliphatic rings. The molecule has 0 aromatic carbocycles. The van der Waals surface area contributed by atoms with Gasteiger partial charge in [-0.3, -0.25) is 10.1 Å². The number of urea groups is 1. The molecule has 1 saturated carbocycles. The van der Waals surface area contributed by atoms with Gasteiger partial charge in [0.25, 0.3) is 11.9 Å². The van der Waals surface area contributed by atoms with Crippen LogP contribution in [0.5, 0.6) is 0 Å². The average molecular weight is 401 g/mol. The van der Waals surface area contributed by atoms with Gasteiger partial charge in [-0.2, -0.15) is 14.8 Å². The lowest BCUT2D eigenvalue weighted by atomic mass is 9.92. The van der Waals surface area contributed by atoms with Gasteiger partial charge < -0.3 is 5.32 Å². The van der Waals surface area contributed by atoms with Crippen LogP contribution in [0.25, 0.3) is 0 Å². The van der Waals surface area contributed by atoms with Crippen molar-refractivity contribution in [2.45, 2.75) is 84.6 Å². The van der Waals surface area contributed by atoms with Gasteiger partial charge in [0.05, 0.1) is 11.6 Å². The van der Waals surface area contributed by atoms with Gasteiger partial charge in [-0.05, 0) is 26.2 Å². The van der Waals surface area contributed by atoms with Crippen molar-refractivity contribution in [3.63, 3.8) is 0 Å². The predicted octanol–water partition coefficient (Wildman–Crippen LogP) is 3.87. The van der Waals surface area contributed by atoms with Gasteiger partial charge >= 0.3 is 6.03 Å². The number of carbonyl (C=O) groups excluding carboxylic acids is 2. The lowest BCUT2D eigenvalue weighted by Gasteiger charge is -2.23. The molecule has 8 heteroatoms. The minimum atomic E-state index is -0.289. The first kappa shape index (κ1) is 21.2. The van der Waals surface area contributed by atoms with Crippen LogP contribution < -0.4 is 10.6 Å². The van der Waals surface area contributed by atoms with Crippen molar-refractivity contribution in [1.82, 2.24) is 15.1 Å². The van der Waals surface area contributed by atoms with Crippen LogP contribution in [-0.4, -0.2) is 39.4 Å². The summed E-state index contributed by atoms with van der Waals surface area (Å²) in [5.41, 5.74) is 1.27. The molecule has 1 unspecified atom stereocenters. The highest BCUT2D eigenvalue weighted by Crippen LogP contribution is 2.25. The van der Waals surface area contributed by atoms with Crippen LogP contribution in [0.2, 0.25) is 0 Å². The number of aromatic nitrogens is 2. The van der Waals surface area contributed by atoms with E-state index in [1.54, 1.807) is 0 Å². The largest absolute Gasteiger partial charge is 0.335 e. The molecule has 0 spiro atoms. The Labute approximate surface area is 172 Å². The summed E-state index contributed by atoms with van der Waals surface area (Å²) in [5.74, 6) is 0.143. The number of carbonyl (C=O) groups is 2. The number of hydrogen-bond acceptors (Lipinski definition) is 4. The molecule has 1 atom stereocenters.